The van der Waals surface area contributed by atoms with E-state index in [2.05, 4.69) is 5.16 Å². The Hall–Kier alpha value is -1.96. The molecule has 0 bridgehead atoms. The highest BCUT2D eigenvalue weighted by molar-refractivity contribution is 6.34. The molecule has 0 saturated carbocycles. The lowest BCUT2D eigenvalue weighted by Gasteiger charge is -2.10. The van der Waals surface area contributed by atoms with Crippen LogP contribution < -0.4 is 11.1 Å². The van der Waals surface area contributed by atoms with Crippen molar-refractivity contribution in [2.75, 3.05) is 5.32 Å². The highest BCUT2D eigenvalue weighted by Crippen LogP contribution is 2.25. The molecule has 0 radical (unpaired) electrons. The van der Waals surface area contributed by atoms with Crippen molar-refractivity contribution in [1.29, 1.82) is 0 Å². The number of alkyl halides is 3. The van der Waals surface area contributed by atoms with Gasteiger partial charge in [-0.15, -0.1) is 0 Å². The number of hydrogen-bond acceptors (Lipinski definition) is 3. The predicted molar refractivity (Wildman–Crippen MR) is 63.3 cm³/mol. The van der Waals surface area contributed by atoms with Gasteiger partial charge in [-0.05, 0) is 18.2 Å². The fraction of sp³-hybridized carbons (Fsp3) is 0.200. The second-order valence-corrected chi connectivity index (χ2v) is 3.93. The summed E-state index contributed by atoms with van der Waals surface area (Å²) in [5.41, 5.74) is 5.57. The summed E-state index contributed by atoms with van der Waals surface area (Å²) in [7, 11) is 0. The van der Waals surface area contributed by atoms with Gasteiger partial charge in [0.05, 0.1) is 10.7 Å². The van der Waals surface area contributed by atoms with Gasteiger partial charge in [-0.3, -0.25) is 4.79 Å². The number of nitrogens with one attached hydrogen (secondary N) is 1. The van der Waals surface area contributed by atoms with E-state index in [9.17, 15) is 18.0 Å². The fourth-order valence-electron chi connectivity index (χ4n) is 1.21. The minimum atomic E-state index is -4.59. The second-order valence-electron chi connectivity index (χ2n) is 3.52. The average molecular weight is 296 g/mol. The molecule has 1 amide bonds. The topological polar surface area (TPSA) is 87.7 Å². The van der Waals surface area contributed by atoms with E-state index >= 15 is 0 Å². The molecular weight excluding hydrogens is 287 g/mol. The van der Waals surface area contributed by atoms with E-state index in [-0.39, 0.29) is 22.1 Å². The van der Waals surface area contributed by atoms with Crippen LogP contribution in [0.1, 0.15) is 12.0 Å². The van der Waals surface area contributed by atoms with Crippen LogP contribution in [-0.4, -0.2) is 23.1 Å². The molecule has 19 heavy (non-hydrogen) atoms. The van der Waals surface area contributed by atoms with E-state index in [1.165, 1.54) is 18.2 Å². The largest absolute Gasteiger partial charge is 0.409 e. The van der Waals surface area contributed by atoms with Gasteiger partial charge in [0.1, 0.15) is 6.42 Å². The smallest absolute Gasteiger partial charge is 0.397 e. The average Bonchev–Trinajstić information content (AvgIpc) is 2.28. The second kappa shape index (κ2) is 5.79. The lowest BCUT2D eigenvalue weighted by atomic mass is 10.2. The van der Waals surface area contributed by atoms with E-state index in [1.54, 1.807) is 0 Å². The summed E-state index contributed by atoms with van der Waals surface area (Å²) in [6.45, 7) is 0. The van der Waals surface area contributed by atoms with Gasteiger partial charge in [0.25, 0.3) is 0 Å². The molecule has 0 unspecified atom stereocenters. The molecule has 0 spiro atoms. The number of anilines is 1. The van der Waals surface area contributed by atoms with Crippen LogP contribution in [0.15, 0.2) is 23.4 Å². The molecule has 0 heterocycles. The summed E-state index contributed by atoms with van der Waals surface area (Å²) in [4.78, 5) is 11.1. The molecule has 0 fully saturated rings. The summed E-state index contributed by atoms with van der Waals surface area (Å²) in [6, 6.07) is 3.84. The standard InChI is InChI=1S/C10H9ClF3N3O2/c11-6-3-5(9(15)17-19)1-2-7(6)16-8(18)4-10(12,13)14/h1-3,19H,4H2,(H2,15,17)(H,16,18). The van der Waals surface area contributed by atoms with E-state index in [4.69, 9.17) is 22.5 Å². The highest BCUT2D eigenvalue weighted by Gasteiger charge is 2.31. The molecule has 0 aliphatic carbocycles. The van der Waals surface area contributed by atoms with Gasteiger partial charge in [-0.1, -0.05) is 16.8 Å². The van der Waals surface area contributed by atoms with Crippen molar-refractivity contribution in [3.8, 4) is 0 Å². The first kappa shape index (κ1) is 15.1. The van der Waals surface area contributed by atoms with Crippen LogP contribution >= 0.6 is 11.6 Å². The zero-order chi connectivity index (χ0) is 14.6. The molecule has 5 nitrogen and oxygen atoms in total. The first-order valence-corrected chi connectivity index (χ1v) is 5.25. The van der Waals surface area contributed by atoms with Crippen LogP contribution in [-0.2, 0) is 4.79 Å². The van der Waals surface area contributed by atoms with Gasteiger partial charge < -0.3 is 16.3 Å². The number of nitrogens with zero attached hydrogens (tertiary/aromatic N) is 1. The van der Waals surface area contributed by atoms with Crippen molar-refractivity contribution in [3.05, 3.63) is 28.8 Å². The number of rotatable bonds is 3. The number of nitrogens with two attached hydrogens (primary N) is 1. The van der Waals surface area contributed by atoms with Crippen LogP contribution in [0, 0.1) is 0 Å². The van der Waals surface area contributed by atoms with Crippen molar-refractivity contribution < 1.29 is 23.2 Å². The van der Waals surface area contributed by atoms with Crippen LogP contribution in [0.2, 0.25) is 5.02 Å². The number of halogens is 4. The SMILES string of the molecule is N/C(=N/O)c1ccc(NC(=O)CC(F)(F)F)c(Cl)c1. The maximum absolute atomic E-state index is 12.0. The molecule has 0 aliphatic rings. The number of amidine groups is 1. The first-order chi connectivity index (χ1) is 8.73. The molecule has 1 aromatic carbocycles. The lowest BCUT2D eigenvalue weighted by Crippen LogP contribution is -2.21. The molecule has 104 valence electrons. The number of benzene rings is 1. The Morgan fingerprint density at radius 3 is 2.58 bits per heavy atom. The monoisotopic (exact) mass is 295 g/mol. The first-order valence-electron chi connectivity index (χ1n) is 4.87. The predicted octanol–water partition coefficient (Wildman–Crippen LogP) is 2.33. The Morgan fingerprint density at radius 2 is 2.11 bits per heavy atom. The van der Waals surface area contributed by atoms with Crippen molar-refractivity contribution in [2.24, 2.45) is 10.9 Å². The summed E-state index contributed by atoms with van der Waals surface area (Å²) in [5.74, 6) is -1.44. The van der Waals surface area contributed by atoms with E-state index < -0.39 is 18.5 Å². The number of carbonyl (C=O) groups is 1. The molecule has 1 aromatic rings. The van der Waals surface area contributed by atoms with Crippen molar-refractivity contribution in [3.63, 3.8) is 0 Å². The van der Waals surface area contributed by atoms with E-state index in [0.29, 0.717) is 0 Å². The van der Waals surface area contributed by atoms with Crippen molar-refractivity contribution in [2.45, 2.75) is 12.6 Å². The zero-order valence-electron chi connectivity index (χ0n) is 9.33. The summed E-state index contributed by atoms with van der Waals surface area (Å²) >= 11 is 5.76. The summed E-state index contributed by atoms with van der Waals surface area (Å²) in [6.07, 6.45) is -6.20. The zero-order valence-corrected chi connectivity index (χ0v) is 10.1. The Bertz CT molecular complexity index is 517. The molecule has 0 aliphatic heterocycles. The third-order valence-corrected chi connectivity index (χ3v) is 2.32. The van der Waals surface area contributed by atoms with Gasteiger partial charge in [-0.2, -0.15) is 13.2 Å². The Morgan fingerprint density at radius 1 is 1.47 bits per heavy atom. The van der Waals surface area contributed by atoms with Crippen LogP contribution in [0.3, 0.4) is 0 Å². The van der Waals surface area contributed by atoms with E-state index in [1.807, 2.05) is 5.32 Å². The highest BCUT2D eigenvalue weighted by atomic mass is 35.5. The van der Waals surface area contributed by atoms with Gasteiger partial charge in [0.15, 0.2) is 5.84 Å². The normalized spacial score (nSPS) is 12.3. The van der Waals surface area contributed by atoms with Gasteiger partial charge >= 0.3 is 6.18 Å². The summed E-state index contributed by atoms with van der Waals surface area (Å²) < 4.78 is 35.9. The van der Waals surface area contributed by atoms with Gasteiger partial charge in [0, 0.05) is 5.56 Å². The number of carbonyl (C=O) groups excluding carboxylic acids is 1. The number of oxime groups is 1. The minimum Gasteiger partial charge on any atom is -0.409 e. The maximum Gasteiger partial charge on any atom is 0.397 e. The molecule has 9 heteroatoms. The minimum absolute atomic E-state index is 0.00501. The Balaban J connectivity index is 2.84. The number of amides is 1. The van der Waals surface area contributed by atoms with Crippen molar-refractivity contribution >= 4 is 29.0 Å². The molecular formula is C10H9ClF3N3O2. The molecule has 4 N–H and O–H groups in total. The Labute approximate surface area is 110 Å². The van der Waals surface area contributed by atoms with Gasteiger partial charge in [0.2, 0.25) is 5.91 Å². The number of hydrogen-bond donors (Lipinski definition) is 3. The van der Waals surface area contributed by atoms with Crippen LogP contribution in [0.4, 0.5) is 18.9 Å². The fourth-order valence-corrected chi connectivity index (χ4v) is 1.44. The quantitative estimate of drug-likeness (QED) is 0.346. The summed E-state index contributed by atoms with van der Waals surface area (Å²) in [5, 5.41) is 13.2. The lowest BCUT2D eigenvalue weighted by molar-refractivity contribution is -0.150. The van der Waals surface area contributed by atoms with Gasteiger partial charge in [-0.25, -0.2) is 0 Å². The van der Waals surface area contributed by atoms with Crippen LogP contribution in [0.5, 0.6) is 0 Å². The molecule has 1 rings (SSSR count). The molecule has 0 atom stereocenters. The van der Waals surface area contributed by atoms with Crippen LogP contribution in [0.25, 0.3) is 0 Å². The molecule has 0 saturated heterocycles. The third-order valence-electron chi connectivity index (χ3n) is 2.01. The Kier molecular flexibility index (Phi) is 4.60. The van der Waals surface area contributed by atoms with Crippen molar-refractivity contribution in [1.82, 2.24) is 0 Å². The maximum atomic E-state index is 12.0. The van der Waals surface area contributed by atoms with E-state index in [0.717, 1.165) is 0 Å². The third kappa shape index (κ3) is 4.66. The molecule has 0 aromatic heterocycles.